The minimum absolute atomic E-state index is 0. The van der Waals surface area contributed by atoms with Crippen molar-refractivity contribution in [1.82, 2.24) is 24.5 Å². The number of aliphatic hydroxyl groups excluding tert-OH is 1. The lowest BCUT2D eigenvalue weighted by molar-refractivity contribution is -0.183. The van der Waals surface area contributed by atoms with Crippen LogP contribution in [0.3, 0.4) is 0 Å². The molecular weight excluding hydrogens is 528 g/mol. The fourth-order valence-corrected chi connectivity index (χ4v) is 5.26. The lowest BCUT2D eigenvalue weighted by Crippen LogP contribution is -2.38. The quantitative estimate of drug-likeness (QED) is 0.378. The van der Waals surface area contributed by atoms with Gasteiger partial charge in [-0.3, -0.25) is 9.30 Å². The van der Waals surface area contributed by atoms with Gasteiger partial charge in [0.25, 0.3) is 0 Å². The summed E-state index contributed by atoms with van der Waals surface area (Å²) in [7, 11) is 0. The molecule has 37 heavy (non-hydrogen) atoms. The third-order valence-electron chi connectivity index (χ3n) is 7.35. The predicted molar refractivity (Wildman–Crippen MR) is 139 cm³/mol. The van der Waals surface area contributed by atoms with Crippen LogP contribution in [0.5, 0.6) is 0 Å². The number of aromatic nitrogens is 4. The number of hydrogen-bond acceptors (Lipinski definition) is 6. The van der Waals surface area contributed by atoms with Crippen LogP contribution in [-0.2, 0) is 5.41 Å². The van der Waals surface area contributed by atoms with E-state index >= 15 is 0 Å². The van der Waals surface area contributed by atoms with Crippen LogP contribution in [0.1, 0.15) is 36.4 Å². The maximum Gasteiger partial charge on any atom is 0.408 e. The summed E-state index contributed by atoms with van der Waals surface area (Å²) < 4.78 is 44.0. The number of para-hydroxylation sites is 1. The number of aliphatic hydroxyl groups is 1. The molecular formula is C25H27Cl2F3N6O. The molecule has 0 spiro atoms. The predicted octanol–water partition coefficient (Wildman–Crippen LogP) is 4.45. The monoisotopic (exact) mass is 554 g/mol. The van der Waals surface area contributed by atoms with Crippen LogP contribution in [0.25, 0.3) is 28.1 Å². The van der Waals surface area contributed by atoms with Crippen LogP contribution in [0, 0.1) is 0 Å². The van der Waals surface area contributed by atoms with Gasteiger partial charge in [0, 0.05) is 36.1 Å². The summed E-state index contributed by atoms with van der Waals surface area (Å²) in [5, 5.41) is 19.3. The first-order valence-electron chi connectivity index (χ1n) is 11.7. The van der Waals surface area contributed by atoms with E-state index in [1.807, 2.05) is 24.3 Å². The largest absolute Gasteiger partial charge is 0.408 e. The highest BCUT2D eigenvalue weighted by Crippen LogP contribution is 2.49. The molecule has 1 aromatic carbocycles. The molecule has 2 atom stereocenters. The molecule has 2 aliphatic rings. The van der Waals surface area contributed by atoms with E-state index in [4.69, 9.17) is 10.7 Å². The Morgan fingerprint density at radius 3 is 2.51 bits per heavy atom. The molecule has 6 rings (SSSR count). The molecule has 3 aromatic heterocycles. The van der Waals surface area contributed by atoms with Crippen molar-refractivity contribution in [3.63, 3.8) is 0 Å². The molecule has 2 fully saturated rings. The number of fused-ring (bicyclic) bond motifs is 2. The average molecular weight is 555 g/mol. The minimum atomic E-state index is -4.45. The van der Waals surface area contributed by atoms with Crippen molar-refractivity contribution in [2.75, 3.05) is 19.7 Å². The van der Waals surface area contributed by atoms with Crippen LogP contribution in [0.2, 0.25) is 0 Å². The van der Waals surface area contributed by atoms with Gasteiger partial charge in [-0.25, -0.2) is 4.98 Å². The van der Waals surface area contributed by atoms with E-state index in [1.54, 1.807) is 16.5 Å². The summed E-state index contributed by atoms with van der Waals surface area (Å²) in [5.74, 6) is 0.367. The summed E-state index contributed by atoms with van der Waals surface area (Å²) in [6.45, 7) is 0.535. The van der Waals surface area contributed by atoms with Gasteiger partial charge in [-0.1, -0.05) is 30.3 Å². The first-order valence-corrected chi connectivity index (χ1v) is 11.7. The molecule has 4 aromatic rings. The van der Waals surface area contributed by atoms with Gasteiger partial charge in [0.05, 0.1) is 12.1 Å². The molecule has 0 radical (unpaired) electrons. The average Bonchev–Trinajstić information content (AvgIpc) is 3.35. The smallest absolute Gasteiger partial charge is 0.395 e. The third kappa shape index (κ3) is 4.77. The lowest BCUT2D eigenvalue weighted by atomic mass is 9.94. The summed E-state index contributed by atoms with van der Waals surface area (Å²) in [5.41, 5.74) is 8.43. The van der Waals surface area contributed by atoms with Crippen LogP contribution in [0.15, 0.2) is 48.7 Å². The summed E-state index contributed by atoms with van der Waals surface area (Å²) in [4.78, 5) is 6.24. The number of benzene rings is 1. The van der Waals surface area contributed by atoms with Gasteiger partial charge in [-0.2, -0.15) is 13.2 Å². The minimum Gasteiger partial charge on any atom is -0.395 e. The van der Waals surface area contributed by atoms with Gasteiger partial charge >= 0.3 is 6.18 Å². The van der Waals surface area contributed by atoms with E-state index in [-0.39, 0.29) is 55.0 Å². The fraction of sp³-hybridized carbons (Fsp3) is 0.400. The Labute approximate surface area is 223 Å². The van der Waals surface area contributed by atoms with Crippen LogP contribution in [0.4, 0.5) is 13.2 Å². The Bertz CT molecular complexity index is 1420. The topological polar surface area (TPSA) is 92.6 Å². The fourth-order valence-electron chi connectivity index (χ4n) is 5.26. The number of pyridine rings is 2. The number of alkyl halides is 3. The second-order valence-corrected chi connectivity index (χ2v) is 9.71. The molecule has 12 heteroatoms. The van der Waals surface area contributed by atoms with Gasteiger partial charge in [0.1, 0.15) is 11.7 Å². The Morgan fingerprint density at radius 2 is 1.86 bits per heavy atom. The maximum absolute atomic E-state index is 14.1. The highest BCUT2D eigenvalue weighted by atomic mass is 35.5. The Kier molecular flexibility index (Phi) is 7.44. The highest BCUT2D eigenvalue weighted by Gasteiger charge is 2.47. The Balaban J connectivity index is 0.00000160. The van der Waals surface area contributed by atoms with E-state index in [1.165, 1.54) is 17.2 Å². The zero-order valence-electron chi connectivity index (χ0n) is 19.7. The number of nitrogens with zero attached hydrogens (tertiary/aromatic N) is 5. The zero-order valence-corrected chi connectivity index (χ0v) is 21.4. The summed E-state index contributed by atoms with van der Waals surface area (Å²) in [6.07, 6.45) is -0.674. The molecule has 3 N–H and O–H groups in total. The van der Waals surface area contributed by atoms with E-state index in [0.29, 0.717) is 30.1 Å². The SMILES string of the molecule is Cl.Cl.N[C@H]1CCN([C@H](c2ccc3nnc(-c4ccc5cccc(C6(CO)CC6)c5n4)n3c2)C(F)(F)F)C1. The lowest BCUT2D eigenvalue weighted by Gasteiger charge is -2.30. The number of nitrogens with two attached hydrogens (primary N) is 1. The van der Waals surface area contributed by atoms with E-state index in [2.05, 4.69) is 10.2 Å². The maximum atomic E-state index is 14.1. The van der Waals surface area contributed by atoms with Crippen molar-refractivity contribution in [2.24, 2.45) is 5.73 Å². The van der Waals surface area contributed by atoms with Crippen LogP contribution < -0.4 is 5.73 Å². The number of likely N-dealkylation sites (tertiary alicyclic amines) is 1. The molecule has 198 valence electrons. The molecule has 1 saturated carbocycles. The van der Waals surface area contributed by atoms with E-state index in [9.17, 15) is 18.3 Å². The van der Waals surface area contributed by atoms with Crippen molar-refractivity contribution >= 4 is 41.4 Å². The van der Waals surface area contributed by atoms with Crippen molar-refractivity contribution < 1.29 is 18.3 Å². The van der Waals surface area contributed by atoms with Crippen LogP contribution >= 0.6 is 24.8 Å². The van der Waals surface area contributed by atoms with Gasteiger partial charge in [0.15, 0.2) is 11.5 Å². The van der Waals surface area contributed by atoms with Crippen molar-refractivity contribution in [3.05, 3.63) is 59.8 Å². The third-order valence-corrected chi connectivity index (χ3v) is 7.35. The number of rotatable bonds is 5. The van der Waals surface area contributed by atoms with Crippen molar-refractivity contribution in [1.29, 1.82) is 0 Å². The highest BCUT2D eigenvalue weighted by molar-refractivity contribution is 5.86. The van der Waals surface area contributed by atoms with Crippen molar-refractivity contribution in [2.45, 2.75) is 42.9 Å². The molecule has 1 aliphatic heterocycles. The zero-order chi connectivity index (χ0) is 24.4. The molecule has 4 heterocycles. The second kappa shape index (κ2) is 9.99. The molecule has 7 nitrogen and oxygen atoms in total. The van der Waals surface area contributed by atoms with E-state index < -0.39 is 12.2 Å². The number of halogens is 5. The Hall–Kier alpha value is -2.50. The van der Waals surface area contributed by atoms with Crippen LogP contribution in [-0.4, -0.2) is 61.5 Å². The molecule has 0 bridgehead atoms. The first kappa shape index (κ1) is 27.5. The Morgan fingerprint density at radius 1 is 1.08 bits per heavy atom. The van der Waals surface area contributed by atoms with Crippen molar-refractivity contribution in [3.8, 4) is 11.5 Å². The normalized spacial score (nSPS) is 20.0. The number of hydrogen-bond donors (Lipinski definition) is 2. The molecule has 1 saturated heterocycles. The van der Waals surface area contributed by atoms with E-state index in [0.717, 1.165) is 29.3 Å². The van der Waals surface area contributed by atoms with Gasteiger partial charge < -0.3 is 10.8 Å². The second-order valence-electron chi connectivity index (χ2n) is 9.71. The summed E-state index contributed by atoms with van der Waals surface area (Å²) >= 11 is 0. The molecule has 0 amide bonds. The standard InChI is InChI=1S/C25H25F3N6O.2ClH/c26-25(27,28)22(33-11-8-17(29)13-33)16-5-7-20-31-32-23(34(20)12-16)19-6-4-15-2-1-3-18(21(15)30-19)24(14-35)9-10-24;;/h1-7,12,17,22,35H,8-11,13-14,29H2;2*1H/t17-,22+;;/m0../s1. The molecule has 1 aliphatic carbocycles. The molecule has 0 unspecified atom stereocenters. The summed E-state index contributed by atoms with van der Waals surface area (Å²) in [6, 6.07) is 10.6. The van der Waals surface area contributed by atoms with Gasteiger partial charge in [-0.05, 0) is 42.5 Å². The van der Waals surface area contributed by atoms with Gasteiger partial charge in [0.2, 0.25) is 0 Å². The van der Waals surface area contributed by atoms with Gasteiger partial charge in [-0.15, -0.1) is 35.0 Å². The first-order chi connectivity index (χ1) is 16.8.